The Bertz CT molecular complexity index is 1360. The summed E-state index contributed by atoms with van der Waals surface area (Å²) in [7, 11) is 0. The molecular formula is C28H21N3O. The van der Waals surface area contributed by atoms with E-state index >= 15 is 0 Å². The van der Waals surface area contributed by atoms with Gasteiger partial charge in [-0.3, -0.25) is 5.01 Å². The molecule has 1 atom stereocenters. The molecule has 0 aliphatic carbocycles. The third kappa shape index (κ3) is 3.36. The average molecular weight is 415 g/mol. The quantitative estimate of drug-likeness (QED) is 0.322. The Labute approximate surface area is 186 Å². The normalized spacial score (nSPS) is 15.8. The van der Waals surface area contributed by atoms with E-state index in [1.54, 1.807) is 0 Å². The van der Waals surface area contributed by atoms with E-state index in [-0.39, 0.29) is 6.04 Å². The molecule has 0 radical (unpaired) electrons. The first-order chi connectivity index (χ1) is 15.8. The summed E-state index contributed by atoms with van der Waals surface area (Å²) < 4.78 is 5.94. The number of fused-ring (bicyclic) bond motifs is 1. The summed E-state index contributed by atoms with van der Waals surface area (Å²) in [4.78, 5) is 4.62. The summed E-state index contributed by atoms with van der Waals surface area (Å²) >= 11 is 0. The maximum absolute atomic E-state index is 5.94. The summed E-state index contributed by atoms with van der Waals surface area (Å²) in [6.45, 7) is 0. The van der Waals surface area contributed by atoms with E-state index < -0.39 is 0 Å². The van der Waals surface area contributed by atoms with Gasteiger partial charge in [-0.2, -0.15) is 5.10 Å². The lowest BCUT2D eigenvalue weighted by Crippen LogP contribution is -2.18. The molecule has 0 bridgehead atoms. The molecule has 1 aromatic heterocycles. The lowest BCUT2D eigenvalue weighted by Gasteiger charge is -2.24. The zero-order valence-corrected chi connectivity index (χ0v) is 17.4. The number of hydrogen-bond donors (Lipinski definition) is 0. The zero-order chi connectivity index (χ0) is 21.3. The smallest absolute Gasteiger partial charge is 0.227 e. The van der Waals surface area contributed by atoms with Gasteiger partial charge in [0.05, 0.1) is 17.4 Å². The van der Waals surface area contributed by atoms with Crippen LogP contribution >= 0.6 is 0 Å². The largest absolute Gasteiger partial charge is 0.436 e. The maximum Gasteiger partial charge on any atom is 0.227 e. The highest BCUT2D eigenvalue weighted by atomic mass is 16.3. The summed E-state index contributed by atoms with van der Waals surface area (Å²) in [5.41, 5.74) is 7.21. The Kier molecular flexibility index (Phi) is 4.54. The second-order valence-corrected chi connectivity index (χ2v) is 7.92. The number of oxazole rings is 1. The Hall–Kier alpha value is -4.18. The minimum absolute atomic E-state index is 0.130. The zero-order valence-electron chi connectivity index (χ0n) is 17.4. The summed E-state index contributed by atoms with van der Waals surface area (Å²) in [5.74, 6) is 0.644. The fourth-order valence-corrected chi connectivity index (χ4v) is 4.24. The fourth-order valence-electron chi connectivity index (χ4n) is 4.24. The van der Waals surface area contributed by atoms with Gasteiger partial charge in [-0.1, -0.05) is 72.8 Å². The predicted molar refractivity (Wildman–Crippen MR) is 129 cm³/mol. The minimum Gasteiger partial charge on any atom is -0.436 e. The van der Waals surface area contributed by atoms with Crippen LogP contribution in [0.4, 0.5) is 5.69 Å². The van der Waals surface area contributed by atoms with Crippen LogP contribution in [0.2, 0.25) is 0 Å². The van der Waals surface area contributed by atoms with Gasteiger partial charge in [-0.05, 0) is 47.5 Å². The third-order valence-electron chi connectivity index (χ3n) is 5.87. The molecule has 0 spiro atoms. The SMILES string of the molecule is c1ccc(C2=NN(c3ccccc3)C(c3ccc(-c4nc5ccccc5o4)cc3)C2)cc1. The van der Waals surface area contributed by atoms with Gasteiger partial charge in [0.15, 0.2) is 5.58 Å². The maximum atomic E-state index is 5.94. The molecule has 1 aliphatic heterocycles. The molecule has 4 nitrogen and oxygen atoms in total. The van der Waals surface area contributed by atoms with Crippen molar-refractivity contribution in [2.75, 3.05) is 5.01 Å². The summed E-state index contributed by atoms with van der Waals surface area (Å²) in [6.07, 6.45) is 0.848. The van der Waals surface area contributed by atoms with Crippen LogP contribution in [-0.2, 0) is 0 Å². The fraction of sp³-hybridized carbons (Fsp3) is 0.0714. The molecule has 0 fully saturated rings. The molecule has 6 rings (SSSR count). The van der Waals surface area contributed by atoms with Gasteiger partial charge < -0.3 is 4.42 Å². The van der Waals surface area contributed by atoms with Crippen LogP contribution in [0.3, 0.4) is 0 Å². The van der Waals surface area contributed by atoms with Crippen molar-refractivity contribution in [2.24, 2.45) is 5.10 Å². The van der Waals surface area contributed by atoms with Crippen LogP contribution in [0.25, 0.3) is 22.6 Å². The van der Waals surface area contributed by atoms with Gasteiger partial charge >= 0.3 is 0 Å². The number of hydrogen-bond acceptors (Lipinski definition) is 4. The monoisotopic (exact) mass is 415 g/mol. The molecule has 1 unspecified atom stereocenters. The van der Waals surface area contributed by atoms with Crippen molar-refractivity contribution in [1.29, 1.82) is 0 Å². The molecule has 32 heavy (non-hydrogen) atoms. The molecule has 4 heteroatoms. The lowest BCUT2D eigenvalue weighted by atomic mass is 9.97. The Morgan fingerprint density at radius 1 is 0.688 bits per heavy atom. The van der Waals surface area contributed by atoms with Crippen LogP contribution in [0.1, 0.15) is 23.6 Å². The van der Waals surface area contributed by atoms with Gasteiger partial charge in [0, 0.05) is 12.0 Å². The van der Waals surface area contributed by atoms with Crippen molar-refractivity contribution < 1.29 is 4.42 Å². The van der Waals surface area contributed by atoms with Crippen molar-refractivity contribution in [2.45, 2.75) is 12.5 Å². The average Bonchev–Trinajstić information content (AvgIpc) is 3.50. The number of benzene rings is 4. The predicted octanol–water partition coefficient (Wildman–Crippen LogP) is 6.85. The van der Waals surface area contributed by atoms with Crippen molar-refractivity contribution in [3.63, 3.8) is 0 Å². The summed E-state index contributed by atoms with van der Waals surface area (Å²) in [5, 5.41) is 7.15. The molecule has 0 N–H and O–H groups in total. The molecule has 154 valence electrons. The van der Waals surface area contributed by atoms with Crippen LogP contribution in [0.5, 0.6) is 0 Å². The molecule has 5 aromatic rings. The highest BCUT2D eigenvalue weighted by Gasteiger charge is 2.29. The van der Waals surface area contributed by atoms with E-state index in [4.69, 9.17) is 9.52 Å². The van der Waals surface area contributed by atoms with Gasteiger partial charge in [0.25, 0.3) is 0 Å². The number of anilines is 1. The summed E-state index contributed by atoms with van der Waals surface area (Å²) in [6, 6.07) is 37.2. The van der Waals surface area contributed by atoms with E-state index in [1.807, 2.05) is 36.4 Å². The van der Waals surface area contributed by atoms with E-state index in [9.17, 15) is 0 Å². The second-order valence-electron chi connectivity index (χ2n) is 7.92. The molecule has 0 amide bonds. The number of nitrogens with zero attached hydrogens (tertiary/aromatic N) is 3. The van der Waals surface area contributed by atoms with Gasteiger partial charge in [0.2, 0.25) is 5.89 Å². The Morgan fingerprint density at radius 3 is 2.12 bits per heavy atom. The van der Waals surface area contributed by atoms with Crippen molar-refractivity contribution in [3.05, 3.63) is 120 Å². The number of rotatable bonds is 4. The van der Waals surface area contributed by atoms with E-state index in [0.717, 1.165) is 34.5 Å². The Balaban J connectivity index is 1.34. The second kappa shape index (κ2) is 7.82. The van der Waals surface area contributed by atoms with E-state index in [1.165, 1.54) is 11.1 Å². The highest BCUT2D eigenvalue weighted by molar-refractivity contribution is 6.03. The first-order valence-electron chi connectivity index (χ1n) is 10.8. The first kappa shape index (κ1) is 18.6. The third-order valence-corrected chi connectivity index (χ3v) is 5.87. The van der Waals surface area contributed by atoms with Crippen LogP contribution in [0, 0.1) is 0 Å². The van der Waals surface area contributed by atoms with Crippen LogP contribution in [0.15, 0.2) is 119 Å². The van der Waals surface area contributed by atoms with Crippen molar-refractivity contribution >= 4 is 22.5 Å². The van der Waals surface area contributed by atoms with Gasteiger partial charge in [0.1, 0.15) is 5.52 Å². The molecule has 2 heterocycles. The molecule has 4 aromatic carbocycles. The Morgan fingerprint density at radius 2 is 1.38 bits per heavy atom. The topological polar surface area (TPSA) is 41.6 Å². The van der Waals surface area contributed by atoms with Crippen molar-refractivity contribution in [1.82, 2.24) is 4.98 Å². The van der Waals surface area contributed by atoms with E-state index in [0.29, 0.717) is 5.89 Å². The van der Waals surface area contributed by atoms with Gasteiger partial charge in [-0.15, -0.1) is 0 Å². The standard InChI is InChI=1S/C28H21N3O/c1-3-9-20(10-4-1)25-19-26(31(30-25)23-11-5-2-6-12-23)21-15-17-22(18-16-21)28-29-24-13-7-8-14-27(24)32-28/h1-18,26H,19H2. The van der Waals surface area contributed by atoms with Crippen molar-refractivity contribution in [3.8, 4) is 11.5 Å². The molecule has 0 saturated heterocycles. The first-order valence-corrected chi connectivity index (χ1v) is 10.8. The van der Waals surface area contributed by atoms with E-state index in [2.05, 4.69) is 82.8 Å². The molecule has 0 saturated carbocycles. The van der Waals surface area contributed by atoms with Gasteiger partial charge in [-0.25, -0.2) is 4.98 Å². The lowest BCUT2D eigenvalue weighted by molar-refractivity contribution is 0.619. The van der Waals surface area contributed by atoms with Crippen LogP contribution in [-0.4, -0.2) is 10.7 Å². The molecule has 1 aliphatic rings. The van der Waals surface area contributed by atoms with Crippen LogP contribution < -0.4 is 5.01 Å². The number of aromatic nitrogens is 1. The molecular weight excluding hydrogens is 394 g/mol. The number of para-hydroxylation sites is 3. The highest BCUT2D eigenvalue weighted by Crippen LogP contribution is 2.37. The number of hydrazone groups is 1. The minimum atomic E-state index is 0.130.